The van der Waals surface area contributed by atoms with Crippen LogP contribution in [0.2, 0.25) is 0 Å². The molecule has 31 heavy (non-hydrogen) atoms. The van der Waals surface area contributed by atoms with Gasteiger partial charge in [-0.25, -0.2) is 19.3 Å². The summed E-state index contributed by atoms with van der Waals surface area (Å²) in [5.41, 5.74) is 6.51. The molecule has 5 rings (SSSR count). The van der Waals surface area contributed by atoms with E-state index in [0.29, 0.717) is 17.2 Å². The predicted octanol–water partition coefficient (Wildman–Crippen LogP) is 5.13. The topological polar surface area (TPSA) is 69.7 Å². The molecule has 2 N–H and O–H groups in total. The van der Waals surface area contributed by atoms with Crippen molar-refractivity contribution in [2.24, 2.45) is 0 Å². The minimum absolute atomic E-state index is 0.216. The average molecular weight is 412 g/mol. The third kappa shape index (κ3) is 3.15. The molecule has 0 radical (unpaired) electrons. The average Bonchev–Trinajstić information content (AvgIpc) is 3.24. The van der Waals surface area contributed by atoms with Crippen LogP contribution in [-0.2, 0) is 0 Å². The molecule has 1 aliphatic heterocycles. The van der Waals surface area contributed by atoms with Crippen LogP contribution in [0.25, 0.3) is 22.9 Å². The first-order valence-electron chi connectivity index (χ1n) is 10.0. The molecule has 0 bridgehead atoms. The van der Waals surface area contributed by atoms with Gasteiger partial charge in [-0.2, -0.15) is 0 Å². The van der Waals surface area contributed by atoms with Crippen LogP contribution in [0.4, 0.5) is 15.9 Å². The number of para-hydroxylation sites is 1. The van der Waals surface area contributed by atoms with Crippen molar-refractivity contribution in [2.45, 2.75) is 19.9 Å². The highest BCUT2D eigenvalue weighted by Gasteiger charge is 2.29. The molecule has 2 aromatic carbocycles. The van der Waals surface area contributed by atoms with E-state index in [0.717, 1.165) is 33.6 Å². The fourth-order valence-corrected chi connectivity index (χ4v) is 4.09. The van der Waals surface area contributed by atoms with Crippen molar-refractivity contribution < 1.29 is 4.39 Å². The van der Waals surface area contributed by atoms with Crippen LogP contribution in [0, 0.1) is 12.7 Å². The summed E-state index contributed by atoms with van der Waals surface area (Å²) in [4.78, 5) is 17.7. The number of aryl methyl sites for hydroxylation is 1. The number of nitrogens with one attached hydrogen (secondary N) is 2. The Morgan fingerprint density at radius 2 is 1.94 bits per heavy atom. The van der Waals surface area contributed by atoms with Crippen molar-refractivity contribution in [2.75, 3.05) is 10.2 Å². The van der Waals surface area contributed by atoms with Gasteiger partial charge in [-0.1, -0.05) is 36.9 Å². The molecule has 0 saturated carbocycles. The SMILES string of the molecule is C=C1c2c(C)cccc2C=C(C(C)Nc2ncnc3nc[nH]c23)N1c1ccccc1F. The van der Waals surface area contributed by atoms with Gasteiger partial charge < -0.3 is 15.2 Å². The standard InChI is InChI=1S/C24H21FN6/c1-14-7-6-8-17-11-20(15(2)30-24-22-23(27-12-26-22)28-13-29-24)31(16(3)21(14)17)19-10-5-4-9-18(19)25/h4-13,15H,3H2,1-2H3,(H2,26,27,28,29,30). The molecule has 3 heterocycles. The van der Waals surface area contributed by atoms with E-state index in [-0.39, 0.29) is 11.9 Å². The highest BCUT2D eigenvalue weighted by Crippen LogP contribution is 2.40. The minimum atomic E-state index is -0.309. The lowest BCUT2D eigenvalue weighted by molar-refractivity contribution is 0.627. The van der Waals surface area contributed by atoms with Crippen molar-refractivity contribution in [3.8, 4) is 0 Å². The minimum Gasteiger partial charge on any atom is -0.360 e. The van der Waals surface area contributed by atoms with Crippen molar-refractivity contribution in [1.82, 2.24) is 19.9 Å². The van der Waals surface area contributed by atoms with Crippen molar-refractivity contribution in [1.29, 1.82) is 0 Å². The largest absolute Gasteiger partial charge is 0.360 e. The Bertz CT molecular complexity index is 1340. The van der Waals surface area contributed by atoms with E-state index >= 15 is 0 Å². The van der Waals surface area contributed by atoms with E-state index in [2.05, 4.69) is 44.0 Å². The maximum Gasteiger partial charge on any atom is 0.182 e. The number of hydrogen-bond acceptors (Lipinski definition) is 5. The van der Waals surface area contributed by atoms with Crippen LogP contribution in [0.1, 0.15) is 23.6 Å². The lowest BCUT2D eigenvalue weighted by Gasteiger charge is -2.37. The summed E-state index contributed by atoms with van der Waals surface area (Å²) in [6.45, 7) is 8.40. The van der Waals surface area contributed by atoms with E-state index in [4.69, 9.17) is 0 Å². The molecule has 4 aromatic rings. The number of benzene rings is 2. The first-order chi connectivity index (χ1) is 15.0. The molecule has 2 aromatic heterocycles. The molecule has 0 aliphatic carbocycles. The lowest BCUT2D eigenvalue weighted by Crippen LogP contribution is -2.34. The molecule has 0 saturated heterocycles. The zero-order valence-corrected chi connectivity index (χ0v) is 17.2. The van der Waals surface area contributed by atoms with Gasteiger partial charge in [-0.15, -0.1) is 0 Å². The van der Waals surface area contributed by atoms with Gasteiger partial charge in [-0.05, 0) is 43.2 Å². The zero-order chi connectivity index (χ0) is 21.5. The fraction of sp³-hybridized carbons (Fsp3) is 0.125. The van der Waals surface area contributed by atoms with Gasteiger partial charge in [0.15, 0.2) is 11.5 Å². The number of rotatable bonds is 4. The van der Waals surface area contributed by atoms with Crippen LogP contribution in [0.15, 0.2) is 67.4 Å². The summed E-state index contributed by atoms with van der Waals surface area (Å²) in [6.07, 6.45) is 5.13. The van der Waals surface area contributed by atoms with Gasteiger partial charge in [0.1, 0.15) is 17.7 Å². The summed E-state index contributed by atoms with van der Waals surface area (Å²) in [5, 5.41) is 3.43. The zero-order valence-electron chi connectivity index (χ0n) is 17.2. The molecule has 6 nitrogen and oxygen atoms in total. The molecule has 1 unspecified atom stereocenters. The van der Waals surface area contributed by atoms with E-state index in [9.17, 15) is 4.39 Å². The molecule has 0 amide bonds. The number of halogens is 1. The van der Waals surface area contributed by atoms with Crippen molar-refractivity contribution in [3.63, 3.8) is 0 Å². The maximum atomic E-state index is 14.9. The Morgan fingerprint density at radius 3 is 2.77 bits per heavy atom. The van der Waals surface area contributed by atoms with Gasteiger partial charge in [0.2, 0.25) is 0 Å². The number of imidazole rings is 1. The Balaban J connectivity index is 1.63. The monoisotopic (exact) mass is 412 g/mol. The van der Waals surface area contributed by atoms with Crippen LogP contribution >= 0.6 is 0 Å². The Labute approximate surface area is 179 Å². The lowest BCUT2D eigenvalue weighted by atomic mass is 9.92. The number of fused-ring (bicyclic) bond motifs is 2. The number of aromatic nitrogens is 4. The van der Waals surface area contributed by atoms with Gasteiger partial charge in [-0.3, -0.25) is 0 Å². The third-order valence-electron chi connectivity index (χ3n) is 5.54. The molecule has 1 aliphatic rings. The normalized spacial score (nSPS) is 14.4. The summed E-state index contributed by atoms with van der Waals surface area (Å²) >= 11 is 0. The highest BCUT2D eigenvalue weighted by molar-refractivity contribution is 5.93. The summed E-state index contributed by atoms with van der Waals surface area (Å²) < 4.78 is 14.9. The Hall–Kier alpha value is -4.00. The van der Waals surface area contributed by atoms with Crippen LogP contribution in [-0.4, -0.2) is 26.0 Å². The van der Waals surface area contributed by atoms with Gasteiger partial charge in [0.05, 0.1) is 18.1 Å². The molecular weight excluding hydrogens is 391 g/mol. The Kier molecular flexibility index (Phi) is 4.51. The molecule has 154 valence electrons. The van der Waals surface area contributed by atoms with Gasteiger partial charge >= 0.3 is 0 Å². The second-order valence-corrected chi connectivity index (χ2v) is 7.53. The van der Waals surface area contributed by atoms with E-state index in [1.807, 2.05) is 36.9 Å². The van der Waals surface area contributed by atoms with Crippen LogP contribution in [0.3, 0.4) is 0 Å². The summed E-state index contributed by atoms with van der Waals surface area (Å²) in [7, 11) is 0. The fourth-order valence-electron chi connectivity index (χ4n) is 4.09. The second kappa shape index (κ2) is 7.36. The third-order valence-corrected chi connectivity index (χ3v) is 5.54. The number of nitrogens with zero attached hydrogens (tertiary/aromatic N) is 4. The van der Waals surface area contributed by atoms with E-state index < -0.39 is 0 Å². The van der Waals surface area contributed by atoms with Gasteiger partial charge in [0.25, 0.3) is 0 Å². The van der Waals surface area contributed by atoms with E-state index in [1.165, 1.54) is 12.4 Å². The quantitative estimate of drug-likeness (QED) is 0.486. The number of H-pyrrole nitrogens is 1. The van der Waals surface area contributed by atoms with Crippen LogP contribution in [0.5, 0.6) is 0 Å². The van der Waals surface area contributed by atoms with Crippen molar-refractivity contribution >= 4 is 34.4 Å². The molecule has 0 spiro atoms. The number of aromatic amines is 1. The first-order valence-corrected chi connectivity index (χ1v) is 10.0. The van der Waals surface area contributed by atoms with E-state index in [1.54, 1.807) is 18.5 Å². The number of hydrogen-bond donors (Lipinski definition) is 2. The van der Waals surface area contributed by atoms with Gasteiger partial charge in [0, 0.05) is 17.0 Å². The predicted molar refractivity (Wildman–Crippen MR) is 122 cm³/mol. The summed E-state index contributed by atoms with van der Waals surface area (Å²) in [6, 6.07) is 12.6. The molecule has 1 atom stereocenters. The summed E-state index contributed by atoms with van der Waals surface area (Å²) in [5.74, 6) is 0.321. The van der Waals surface area contributed by atoms with Crippen molar-refractivity contribution in [3.05, 3.63) is 89.9 Å². The number of anilines is 2. The second-order valence-electron chi connectivity index (χ2n) is 7.53. The first kappa shape index (κ1) is 19.0. The molecular formula is C24H21FN6. The highest BCUT2D eigenvalue weighted by atomic mass is 19.1. The molecule has 7 heteroatoms. The Morgan fingerprint density at radius 1 is 1.10 bits per heavy atom. The van der Waals surface area contributed by atoms with Crippen LogP contribution < -0.4 is 10.2 Å². The maximum absolute atomic E-state index is 14.9. The molecule has 0 fully saturated rings. The smallest absolute Gasteiger partial charge is 0.182 e.